The maximum Gasteiger partial charge on any atom is 0.238 e. The lowest BCUT2D eigenvalue weighted by molar-refractivity contribution is -0.117. The third kappa shape index (κ3) is 3.45. The summed E-state index contributed by atoms with van der Waals surface area (Å²) in [7, 11) is 0. The average molecular weight is 320 g/mol. The number of likely N-dealkylation sites (tertiary alicyclic amines) is 1. The number of hydrogen-bond donors (Lipinski definition) is 1. The molecule has 1 aliphatic heterocycles. The van der Waals surface area contributed by atoms with Gasteiger partial charge < -0.3 is 5.32 Å². The van der Waals surface area contributed by atoms with E-state index < -0.39 is 0 Å². The van der Waals surface area contributed by atoms with Crippen LogP contribution in [0, 0.1) is 6.92 Å². The number of anilines is 1. The molecule has 6 nitrogen and oxygen atoms in total. The standard InChI is InChI=1S/C15H18ClN5O/c1-11-2-3-12(8-14(11)16)18-15(22)10-20-6-4-13(9-20)21-7-5-17-19-21/h2-3,5,7-8,13H,4,6,9-10H2,1H3,(H,18,22). The summed E-state index contributed by atoms with van der Waals surface area (Å²) in [5.41, 5.74) is 1.72. The number of carbonyl (C=O) groups excluding carboxylic acids is 1. The molecule has 1 atom stereocenters. The molecule has 1 unspecified atom stereocenters. The van der Waals surface area contributed by atoms with E-state index in [1.54, 1.807) is 12.3 Å². The van der Waals surface area contributed by atoms with Gasteiger partial charge in [0, 0.05) is 30.0 Å². The van der Waals surface area contributed by atoms with Crippen LogP contribution in [-0.2, 0) is 4.79 Å². The Morgan fingerprint density at radius 2 is 2.36 bits per heavy atom. The zero-order valence-corrected chi connectivity index (χ0v) is 13.1. The number of nitrogens with zero attached hydrogens (tertiary/aromatic N) is 4. The average Bonchev–Trinajstić information content (AvgIpc) is 3.13. The van der Waals surface area contributed by atoms with Gasteiger partial charge in [-0.05, 0) is 31.0 Å². The first-order valence-corrected chi connectivity index (χ1v) is 7.64. The quantitative estimate of drug-likeness (QED) is 0.937. The first-order valence-electron chi connectivity index (χ1n) is 7.26. The van der Waals surface area contributed by atoms with E-state index in [4.69, 9.17) is 11.6 Å². The van der Waals surface area contributed by atoms with Crippen molar-refractivity contribution in [2.24, 2.45) is 0 Å². The van der Waals surface area contributed by atoms with Crippen LogP contribution in [0.3, 0.4) is 0 Å². The van der Waals surface area contributed by atoms with Crippen LogP contribution in [0.5, 0.6) is 0 Å². The van der Waals surface area contributed by atoms with Gasteiger partial charge >= 0.3 is 0 Å². The van der Waals surface area contributed by atoms with Crippen molar-refractivity contribution < 1.29 is 4.79 Å². The van der Waals surface area contributed by atoms with Crippen molar-refractivity contribution >= 4 is 23.2 Å². The van der Waals surface area contributed by atoms with E-state index >= 15 is 0 Å². The number of benzene rings is 1. The largest absolute Gasteiger partial charge is 0.325 e. The van der Waals surface area contributed by atoms with Gasteiger partial charge in [0.25, 0.3) is 0 Å². The summed E-state index contributed by atoms with van der Waals surface area (Å²) in [6.45, 7) is 4.00. The van der Waals surface area contributed by atoms with Gasteiger partial charge in [-0.15, -0.1) is 5.10 Å². The molecule has 0 radical (unpaired) electrons. The minimum absolute atomic E-state index is 0.0286. The molecule has 1 amide bonds. The Kier molecular flexibility index (Phi) is 4.40. The zero-order valence-electron chi connectivity index (χ0n) is 12.4. The van der Waals surface area contributed by atoms with Crippen LogP contribution < -0.4 is 5.32 Å². The minimum atomic E-state index is -0.0286. The van der Waals surface area contributed by atoms with E-state index in [2.05, 4.69) is 20.5 Å². The Morgan fingerprint density at radius 3 is 3.09 bits per heavy atom. The van der Waals surface area contributed by atoms with Crippen LogP contribution in [0.2, 0.25) is 5.02 Å². The molecule has 0 aliphatic carbocycles. The number of rotatable bonds is 4. The van der Waals surface area contributed by atoms with Gasteiger partial charge in [0.2, 0.25) is 5.91 Å². The smallest absolute Gasteiger partial charge is 0.238 e. The number of amides is 1. The zero-order chi connectivity index (χ0) is 15.5. The van der Waals surface area contributed by atoms with E-state index in [9.17, 15) is 4.79 Å². The number of aryl methyl sites for hydroxylation is 1. The second kappa shape index (κ2) is 6.46. The Bertz CT molecular complexity index is 658. The molecule has 1 N–H and O–H groups in total. The second-order valence-electron chi connectivity index (χ2n) is 5.57. The molecule has 3 rings (SSSR count). The molecule has 2 heterocycles. The van der Waals surface area contributed by atoms with Crippen LogP contribution in [-0.4, -0.2) is 45.4 Å². The summed E-state index contributed by atoms with van der Waals surface area (Å²) in [4.78, 5) is 14.2. The maximum absolute atomic E-state index is 12.1. The van der Waals surface area contributed by atoms with Crippen molar-refractivity contribution in [3.63, 3.8) is 0 Å². The normalized spacial score (nSPS) is 18.5. The van der Waals surface area contributed by atoms with Crippen molar-refractivity contribution in [3.8, 4) is 0 Å². The summed E-state index contributed by atoms with van der Waals surface area (Å²) in [5, 5.41) is 11.4. The Hall–Kier alpha value is -1.92. The van der Waals surface area contributed by atoms with Crippen molar-refractivity contribution in [2.75, 3.05) is 25.0 Å². The van der Waals surface area contributed by atoms with E-state index in [0.29, 0.717) is 17.6 Å². The molecule has 0 saturated carbocycles. The molecule has 1 aliphatic rings. The monoisotopic (exact) mass is 319 g/mol. The fourth-order valence-corrected chi connectivity index (χ4v) is 2.84. The molecule has 2 aromatic rings. The highest BCUT2D eigenvalue weighted by Gasteiger charge is 2.25. The fourth-order valence-electron chi connectivity index (χ4n) is 2.66. The SMILES string of the molecule is Cc1ccc(NC(=O)CN2CCC(n3ccnn3)C2)cc1Cl. The highest BCUT2D eigenvalue weighted by molar-refractivity contribution is 6.31. The van der Waals surface area contributed by atoms with E-state index in [0.717, 1.165) is 30.8 Å². The van der Waals surface area contributed by atoms with Crippen molar-refractivity contribution in [1.82, 2.24) is 19.9 Å². The number of halogens is 1. The molecular weight excluding hydrogens is 302 g/mol. The molecule has 1 aromatic carbocycles. The second-order valence-corrected chi connectivity index (χ2v) is 5.98. The molecule has 1 fully saturated rings. The fraction of sp³-hybridized carbons (Fsp3) is 0.400. The molecule has 0 bridgehead atoms. The molecular formula is C15H18ClN5O. The first-order chi connectivity index (χ1) is 10.6. The number of carbonyl (C=O) groups is 1. The van der Waals surface area contributed by atoms with Crippen LogP contribution in [0.1, 0.15) is 18.0 Å². The van der Waals surface area contributed by atoms with Crippen LogP contribution in [0.4, 0.5) is 5.69 Å². The third-order valence-electron chi connectivity index (χ3n) is 3.89. The summed E-state index contributed by atoms with van der Waals surface area (Å²) in [6, 6.07) is 5.83. The van der Waals surface area contributed by atoms with Gasteiger partial charge in [0.05, 0.1) is 18.8 Å². The van der Waals surface area contributed by atoms with Crippen LogP contribution in [0.25, 0.3) is 0 Å². The molecule has 0 spiro atoms. The van der Waals surface area contributed by atoms with Gasteiger partial charge in [-0.1, -0.05) is 22.9 Å². The summed E-state index contributed by atoms with van der Waals surface area (Å²) >= 11 is 6.07. The Morgan fingerprint density at radius 1 is 1.50 bits per heavy atom. The van der Waals surface area contributed by atoms with Crippen LogP contribution in [0.15, 0.2) is 30.6 Å². The predicted molar refractivity (Wildman–Crippen MR) is 84.9 cm³/mol. The van der Waals surface area contributed by atoms with E-state index in [1.807, 2.05) is 29.9 Å². The van der Waals surface area contributed by atoms with Gasteiger partial charge in [-0.25, -0.2) is 4.68 Å². The number of hydrogen-bond acceptors (Lipinski definition) is 4. The molecule has 7 heteroatoms. The third-order valence-corrected chi connectivity index (χ3v) is 4.29. The molecule has 1 saturated heterocycles. The van der Waals surface area contributed by atoms with Crippen molar-refractivity contribution in [3.05, 3.63) is 41.2 Å². The van der Waals surface area contributed by atoms with Crippen molar-refractivity contribution in [2.45, 2.75) is 19.4 Å². The summed E-state index contributed by atoms with van der Waals surface area (Å²) in [5.74, 6) is -0.0286. The number of aromatic nitrogens is 3. The topological polar surface area (TPSA) is 63.1 Å². The highest BCUT2D eigenvalue weighted by Crippen LogP contribution is 2.21. The summed E-state index contributed by atoms with van der Waals surface area (Å²) in [6.07, 6.45) is 4.52. The highest BCUT2D eigenvalue weighted by atomic mass is 35.5. The first kappa shape index (κ1) is 15.0. The van der Waals surface area contributed by atoms with Gasteiger partial charge in [-0.2, -0.15) is 0 Å². The summed E-state index contributed by atoms with van der Waals surface area (Å²) < 4.78 is 1.86. The molecule has 116 valence electrons. The lowest BCUT2D eigenvalue weighted by Crippen LogP contribution is -2.31. The predicted octanol–water partition coefficient (Wildman–Crippen LogP) is 2.13. The van der Waals surface area contributed by atoms with E-state index in [1.165, 1.54) is 0 Å². The van der Waals surface area contributed by atoms with Gasteiger partial charge in [0.15, 0.2) is 0 Å². The van der Waals surface area contributed by atoms with Crippen molar-refractivity contribution in [1.29, 1.82) is 0 Å². The Balaban J connectivity index is 1.53. The lowest BCUT2D eigenvalue weighted by atomic mass is 10.2. The Labute approximate surface area is 134 Å². The lowest BCUT2D eigenvalue weighted by Gasteiger charge is -2.15. The molecule has 1 aromatic heterocycles. The maximum atomic E-state index is 12.1. The molecule has 22 heavy (non-hydrogen) atoms. The van der Waals surface area contributed by atoms with Gasteiger partial charge in [0.1, 0.15) is 0 Å². The minimum Gasteiger partial charge on any atom is -0.325 e. The number of nitrogens with one attached hydrogen (secondary N) is 1. The van der Waals surface area contributed by atoms with E-state index in [-0.39, 0.29) is 5.91 Å². The van der Waals surface area contributed by atoms with Crippen LogP contribution >= 0.6 is 11.6 Å². The van der Waals surface area contributed by atoms with Gasteiger partial charge in [-0.3, -0.25) is 9.69 Å².